The number of halogens is 5. The van der Waals surface area contributed by atoms with Crippen molar-refractivity contribution in [2.45, 2.75) is 25.8 Å². The second-order valence-electron chi connectivity index (χ2n) is 6.58. The minimum absolute atomic E-state index is 0.0182. The number of amides is 1. The molecule has 1 atom stereocenters. The zero-order chi connectivity index (χ0) is 21.5. The summed E-state index contributed by atoms with van der Waals surface area (Å²) in [6.07, 6.45) is 0. The lowest BCUT2D eigenvalue weighted by Gasteiger charge is -2.22. The van der Waals surface area contributed by atoms with Gasteiger partial charge in [-0.25, -0.2) is 13.2 Å². The van der Waals surface area contributed by atoms with Crippen molar-refractivity contribution in [3.8, 4) is 0 Å². The third-order valence-electron chi connectivity index (χ3n) is 4.61. The van der Waals surface area contributed by atoms with Crippen LogP contribution < -0.4 is 10.9 Å². The van der Waals surface area contributed by atoms with E-state index in [1.54, 1.807) is 0 Å². The van der Waals surface area contributed by atoms with E-state index in [9.17, 15) is 31.5 Å². The van der Waals surface area contributed by atoms with Gasteiger partial charge in [0, 0.05) is 22.5 Å². The van der Waals surface area contributed by atoms with Crippen LogP contribution in [-0.4, -0.2) is 10.9 Å². The van der Waals surface area contributed by atoms with E-state index >= 15 is 0 Å². The molecule has 9 heteroatoms. The molecule has 152 valence electrons. The monoisotopic (exact) mass is 410 g/mol. The second kappa shape index (κ2) is 7.31. The minimum atomic E-state index is -4.29. The summed E-state index contributed by atoms with van der Waals surface area (Å²) < 4.78 is 70.1. The molecule has 0 spiro atoms. The number of pyridine rings is 1. The predicted octanol–water partition coefficient (Wildman–Crippen LogP) is 4.22. The van der Waals surface area contributed by atoms with E-state index in [1.807, 2.05) is 5.32 Å². The second-order valence-corrected chi connectivity index (χ2v) is 6.58. The van der Waals surface area contributed by atoms with Crippen molar-refractivity contribution in [2.24, 2.45) is 0 Å². The molecule has 3 rings (SSSR count). The number of hydrogen-bond donors (Lipinski definition) is 2. The fraction of sp³-hybridized carbons (Fsp3) is 0.200. The maximum absolute atomic E-state index is 14.9. The zero-order valence-corrected chi connectivity index (χ0v) is 15.2. The lowest BCUT2D eigenvalue weighted by molar-refractivity contribution is -0.148. The van der Waals surface area contributed by atoms with Gasteiger partial charge >= 0.3 is 5.92 Å². The minimum Gasteiger partial charge on any atom is -0.344 e. The Labute approximate surface area is 161 Å². The summed E-state index contributed by atoms with van der Waals surface area (Å²) in [5.74, 6) is -8.72. The molecule has 0 radical (unpaired) electrons. The number of fused-ring (bicyclic) bond motifs is 1. The first kappa shape index (κ1) is 20.5. The number of aryl methyl sites for hydroxylation is 1. The molecular weight excluding hydrogens is 395 g/mol. The summed E-state index contributed by atoms with van der Waals surface area (Å²) in [7, 11) is 0. The molecule has 29 heavy (non-hydrogen) atoms. The van der Waals surface area contributed by atoms with Gasteiger partial charge in [0.05, 0.1) is 11.6 Å². The van der Waals surface area contributed by atoms with Crippen LogP contribution in [0, 0.1) is 24.4 Å². The normalized spacial score (nSPS) is 12.8. The number of aromatic amines is 1. The highest BCUT2D eigenvalue weighted by Crippen LogP contribution is 2.32. The standard InChI is InChI=1S/C20H15F5N2O2/c1-9-14-7-11(21)4-6-16(14)27-18(28)17(9)20(24,25)19(29)26-10(2)13-5-3-12(22)8-15(13)23/h3-8,10H,1-2H3,(H,26,29)(H,27,28)/t10-/m0/s1. The predicted molar refractivity (Wildman–Crippen MR) is 96.1 cm³/mol. The van der Waals surface area contributed by atoms with Gasteiger partial charge in [0.2, 0.25) is 0 Å². The van der Waals surface area contributed by atoms with Gasteiger partial charge in [-0.2, -0.15) is 8.78 Å². The highest BCUT2D eigenvalue weighted by molar-refractivity contribution is 5.89. The van der Waals surface area contributed by atoms with E-state index in [0.29, 0.717) is 6.07 Å². The van der Waals surface area contributed by atoms with Gasteiger partial charge in [0.15, 0.2) is 0 Å². The molecular formula is C20H15F5N2O2. The molecule has 0 aliphatic carbocycles. The number of carbonyl (C=O) groups excluding carboxylic acids is 1. The fourth-order valence-electron chi connectivity index (χ4n) is 3.13. The number of aromatic nitrogens is 1. The van der Waals surface area contributed by atoms with Gasteiger partial charge in [0.25, 0.3) is 11.5 Å². The van der Waals surface area contributed by atoms with Gasteiger partial charge in [-0.3, -0.25) is 9.59 Å². The number of carbonyl (C=O) groups is 1. The summed E-state index contributed by atoms with van der Waals surface area (Å²) in [5.41, 5.74) is -2.68. The van der Waals surface area contributed by atoms with E-state index in [1.165, 1.54) is 19.9 Å². The summed E-state index contributed by atoms with van der Waals surface area (Å²) >= 11 is 0. The molecule has 0 aliphatic rings. The van der Waals surface area contributed by atoms with Crippen LogP contribution in [0.1, 0.15) is 29.7 Å². The van der Waals surface area contributed by atoms with Crippen LogP contribution in [0.2, 0.25) is 0 Å². The number of alkyl halides is 2. The third kappa shape index (κ3) is 3.72. The lowest BCUT2D eigenvalue weighted by atomic mass is 9.98. The van der Waals surface area contributed by atoms with Crippen molar-refractivity contribution < 1.29 is 26.7 Å². The molecule has 0 fully saturated rings. The third-order valence-corrected chi connectivity index (χ3v) is 4.61. The molecule has 0 aliphatic heterocycles. The van der Waals surface area contributed by atoms with E-state index in [-0.39, 0.29) is 22.0 Å². The van der Waals surface area contributed by atoms with Crippen molar-refractivity contribution in [2.75, 3.05) is 0 Å². The fourth-order valence-corrected chi connectivity index (χ4v) is 3.13. The molecule has 3 aromatic rings. The molecule has 2 N–H and O–H groups in total. The van der Waals surface area contributed by atoms with Gasteiger partial charge in [0.1, 0.15) is 17.5 Å². The number of benzene rings is 2. The lowest BCUT2D eigenvalue weighted by Crippen LogP contribution is -2.43. The van der Waals surface area contributed by atoms with Crippen LogP contribution in [0.3, 0.4) is 0 Å². The first-order valence-electron chi connectivity index (χ1n) is 8.48. The molecule has 1 aromatic heterocycles. The summed E-state index contributed by atoms with van der Waals surface area (Å²) in [4.78, 5) is 26.7. The Morgan fingerprint density at radius 3 is 2.34 bits per heavy atom. The van der Waals surface area contributed by atoms with Crippen LogP contribution in [0.25, 0.3) is 10.9 Å². The van der Waals surface area contributed by atoms with Crippen molar-refractivity contribution in [1.29, 1.82) is 0 Å². The van der Waals surface area contributed by atoms with E-state index in [2.05, 4.69) is 4.98 Å². The topological polar surface area (TPSA) is 62.0 Å². The Morgan fingerprint density at radius 1 is 1.07 bits per heavy atom. The maximum Gasteiger partial charge on any atom is 0.355 e. The molecule has 0 unspecified atom stereocenters. The van der Waals surface area contributed by atoms with Crippen molar-refractivity contribution in [3.63, 3.8) is 0 Å². The van der Waals surface area contributed by atoms with Gasteiger partial charge < -0.3 is 10.3 Å². The average Bonchev–Trinajstić information content (AvgIpc) is 2.62. The van der Waals surface area contributed by atoms with Gasteiger partial charge in [-0.05, 0) is 43.7 Å². The molecule has 0 saturated heterocycles. The Hall–Kier alpha value is -3.23. The molecule has 4 nitrogen and oxygen atoms in total. The van der Waals surface area contributed by atoms with Crippen LogP contribution in [0.5, 0.6) is 0 Å². The zero-order valence-electron chi connectivity index (χ0n) is 15.2. The smallest absolute Gasteiger partial charge is 0.344 e. The van der Waals surface area contributed by atoms with E-state index in [0.717, 1.165) is 24.3 Å². The first-order chi connectivity index (χ1) is 13.5. The Bertz CT molecular complexity index is 1170. The first-order valence-corrected chi connectivity index (χ1v) is 8.48. The van der Waals surface area contributed by atoms with Crippen molar-refractivity contribution >= 4 is 16.8 Å². The van der Waals surface area contributed by atoms with Gasteiger partial charge in [-0.1, -0.05) is 6.07 Å². The van der Waals surface area contributed by atoms with Gasteiger partial charge in [-0.15, -0.1) is 0 Å². The summed E-state index contributed by atoms with van der Waals surface area (Å²) in [5, 5.41) is 1.95. The van der Waals surface area contributed by atoms with Crippen molar-refractivity contribution in [3.05, 3.63) is 80.9 Å². The molecule has 1 heterocycles. The van der Waals surface area contributed by atoms with Crippen molar-refractivity contribution in [1.82, 2.24) is 10.3 Å². The largest absolute Gasteiger partial charge is 0.355 e. The SMILES string of the molecule is Cc1c(C(F)(F)C(=O)N[C@@H](C)c2ccc(F)cc2F)c(=O)[nH]c2ccc(F)cc12. The number of rotatable bonds is 4. The highest BCUT2D eigenvalue weighted by Gasteiger charge is 2.45. The quantitative estimate of drug-likeness (QED) is 0.633. The van der Waals surface area contributed by atoms with Crippen LogP contribution in [0.15, 0.2) is 41.2 Å². The number of nitrogens with one attached hydrogen (secondary N) is 2. The Kier molecular flexibility index (Phi) is 5.16. The molecule has 2 aromatic carbocycles. The summed E-state index contributed by atoms with van der Waals surface area (Å²) in [6, 6.07) is 4.52. The molecule has 0 saturated carbocycles. The Balaban J connectivity index is 1.99. The van der Waals surface area contributed by atoms with Crippen LogP contribution >= 0.6 is 0 Å². The average molecular weight is 410 g/mol. The van der Waals surface area contributed by atoms with E-state index in [4.69, 9.17) is 0 Å². The maximum atomic E-state index is 14.9. The van der Waals surface area contributed by atoms with Crippen LogP contribution in [0.4, 0.5) is 22.0 Å². The van der Waals surface area contributed by atoms with Crippen LogP contribution in [-0.2, 0) is 10.7 Å². The highest BCUT2D eigenvalue weighted by atomic mass is 19.3. The van der Waals surface area contributed by atoms with E-state index < -0.39 is 46.4 Å². The number of hydrogen-bond acceptors (Lipinski definition) is 2. The Morgan fingerprint density at radius 2 is 1.69 bits per heavy atom. The molecule has 1 amide bonds. The molecule has 0 bridgehead atoms. The summed E-state index contributed by atoms with van der Waals surface area (Å²) in [6.45, 7) is 2.41. The number of H-pyrrole nitrogens is 1.